The van der Waals surface area contributed by atoms with Gasteiger partial charge in [-0.2, -0.15) is 0 Å². The zero-order valence-electron chi connectivity index (χ0n) is 12.2. The van der Waals surface area contributed by atoms with Crippen molar-refractivity contribution in [2.24, 2.45) is 4.99 Å². The van der Waals surface area contributed by atoms with Crippen LogP contribution in [-0.4, -0.2) is 13.3 Å². The van der Waals surface area contributed by atoms with Crippen LogP contribution in [0.1, 0.15) is 11.1 Å². The number of aryl methyl sites for hydroxylation is 1. The number of benzene rings is 3. The van der Waals surface area contributed by atoms with Gasteiger partial charge in [-0.3, -0.25) is 4.99 Å². The molecule has 3 rings (SSSR count). The van der Waals surface area contributed by atoms with Gasteiger partial charge in [-0.25, -0.2) is 0 Å². The minimum Gasteiger partial charge on any atom is -0.496 e. The molecule has 0 radical (unpaired) electrons. The van der Waals surface area contributed by atoms with Crippen molar-refractivity contribution in [2.45, 2.75) is 6.92 Å². The first-order valence-electron chi connectivity index (χ1n) is 6.94. The van der Waals surface area contributed by atoms with Crippen LogP contribution in [0.15, 0.2) is 65.7 Å². The summed E-state index contributed by atoms with van der Waals surface area (Å²) >= 11 is 0. The highest BCUT2D eigenvalue weighted by Crippen LogP contribution is 2.26. The van der Waals surface area contributed by atoms with E-state index in [1.54, 1.807) is 7.11 Å². The van der Waals surface area contributed by atoms with Crippen molar-refractivity contribution in [3.63, 3.8) is 0 Å². The van der Waals surface area contributed by atoms with Crippen LogP contribution in [0.4, 0.5) is 5.69 Å². The molecule has 0 fully saturated rings. The van der Waals surface area contributed by atoms with Crippen molar-refractivity contribution in [2.75, 3.05) is 7.11 Å². The second-order valence-electron chi connectivity index (χ2n) is 4.99. The smallest absolute Gasteiger partial charge is 0.122 e. The second-order valence-corrected chi connectivity index (χ2v) is 4.99. The van der Waals surface area contributed by atoms with Gasteiger partial charge in [0.1, 0.15) is 5.75 Å². The zero-order valence-corrected chi connectivity index (χ0v) is 12.2. The first-order chi connectivity index (χ1) is 10.3. The van der Waals surface area contributed by atoms with Crippen molar-refractivity contribution in [3.8, 4) is 5.75 Å². The maximum atomic E-state index is 5.35. The molecule has 0 saturated heterocycles. The monoisotopic (exact) mass is 275 g/mol. The van der Waals surface area contributed by atoms with E-state index in [1.165, 1.54) is 5.39 Å². The number of fused-ring (bicyclic) bond motifs is 1. The Labute approximate surface area is 124 Å². The van der Waals surface area contributed by atoms with E-state index in [-0.39, 0.29) is 0 Å². The molecule has 0 N–H and O–H groups in total. The van der Waals surface area contributed by atoms with E-state index in [4.69, 9.17) is 4.74 Å². The molecule has 0 aromatic heterocycles. The molecule has 0 amide bonds. The van der Waals surface area contributed by atoms with Crippen molar-refractivity contribution >= 4 is 22.7 Å². The predicted octanol–water partition coefficient (Wildman–Crippen LogP) is 4.91. The summed E-state index contributed by atoms with van der Waals surface area (Å²) in [7, 11) is 1.69. The maximum absolute atomic E-state index is 5.35. The molecule has 3 aromatic carbocycles. The molecule has 0 aliphatic rings. The first kappa shape index (κ1) is 13.4. The van der Waals surface area contributed by atoms with Crippen LogP contribution >= 0.6 is 0 Å². The number of nitrogens with zero attached hydrogens (tertiary/aromatic N) is 1. The molecule has 104 valence electrons. The highest BCUT2D eigenvalue weighted by molar-refractivity contribution is 5.95. The highest BCUT2D eigenvalue weighted by Gasteiger charge is 2.00. The highest BCUT2D eigenvalue weighted by atomic mass is 16.5. The second kappa shape index (κ2) is 5.80. The number of rotatable bonds is 3. The van der Waals surface area contributed by atoms with Gasteiger partial charge in [0.2, 0.25) is 0 Å². The van der Waals surface area contributed by atoms with Gasteiger partial charge in [0, 0.05) is 11.6 Å². The maximum Gasteiger partial charge on any atom is 0.122 e. The van der Waals surface area contributed by atoms with E-state index >= 15 is 0 Å². The van der Waals surface area contributed by atoms with Gasteiger partial charge in [-0.05, 0) is 35.6 Å². The van der Waals surface area contributed by atoms with Crippen LogP contribution in [0, 0.1) is 6.92 Å². The first-order valence-corrected chi connectivity index (χ1v) is 6.94. The van der Waals surface area contributed by atoms with Gasteiger partial charge in [-0.1, -0.05) is 48.5 Å². The number of ether oxygens (including phenoxy) is 1. The summed E-state index contributed by atoms with van der Waals surface area (Å²) in [5, 5.41) is 2.36. The third-order valence-electron chi connectivity index (χ3n) is 3.55. The molecular formula is C19H17NO. The van der Waals surface area contributed by atoms with Gasteiger partial charge in [0.25, 0.3) is 0 Å². The molecule has 3 aromatic rings. The SMILES string of the molecule is COc1cc(C=Nc2cccc3ccccc23)ccc1C. The minimum absolute atomic E-state index is 0.886. The summed E-state index contributed by atoms with van der Waals surface area (Å²) in [5.74, 6) is 0.886. The molecule has 0 spiro atoms. The topological polar surface area (TPSA) is 21.6 Å². The van der Waals surface area contributed by atoms with Crippen LogP contribution < -0.4 is 4.74 Å². The Morgan fingerprint density at radius 2 is 1.76 bits per heavy atom. The molecular weight excluding hydrogens is 258 g/mol. The quantitative estimate of drug-likeness (QED) is 0.622. The molecule has 21 heavy (non-hydrogen) atoms. The normalized spacial score (nSPS) is 11.1. The van der Waals surface area contributed by atoms with Gasteiger partial charge in [-0.15, -0.1) is 0 Å². The Bertz CT molecular complexity index is 800. The standard InChI is InChI=1S/C19H17NO/c1-14-10-11-15(12-19(14)21-2)13-20-18-9-5-7-16-6-3-4-8-17(16)18/h3-13H,1-2H3. The van der Waals surface area contributed by atoms with Crippen molar-refractivity contribution < 1.29 is 4.74 Å². The molecule has 0 heterocycles. The van der Waals surface area contributed by atoms with Crippen molar-refractivity contribution in [1.29, 1.82) is 0 Å². The molecule has 0 unspecified atom stereocenters. The van der Waals surface area contributed by atoms with Gasteiger partial charge < -0.3 is 4.74 Å². The van der Waals surface area contributed by atoms with E-state index < -0.39 is 0 Å². The van der Waals surface area contributed by atoms with Gasteiger partial charge in [0.05, 0.1) is 12.8 Å². The minimum atomic E-state index is 0.886. The third kappa shape index (κ3) is 2.79. The molecule has 2 heteroatoms. The Morgan fingerprint density at radius 1 is 0.952 bits per heavy atom. The van der Waals surface area contributed by atoms with Crippen LogP contribution in [0.25, 0.3) is 10.8 Å². The number of hydrogen-bond donors (Lipinski definition) is 0. The summed E-state index contributed by atoms with van der Waals surface area (Å²) in [5.41, 5.74) is 3.14. The molecule has 0 saturated carbocycles. The largest absolute Gasteiger partial charge is 0.496 e. The molecule has 2 nitrogen and oxygen atoms in total. The zero-order chi connectivity index (χ0) is 14.7. The summed E-state index contributed by atoms with van der Waals surface area (Å²) in [6, 6.07) is 20.5. The lowest BCUT2D eigenvalue weighted by molar-refractivity contribution is 0.411. The lowest BCUT2D eigenvalue weighted by atomic mass is 10.1. The summed E-state index contributed by atoms with van der Waals surface area (Å²) in [6.07, 6.45) is 1.88. The van der Waals surface area contributed by atoms with E-state index in [1.807, 2.05) is 55.6 Å². The molecule has 0 aliphatic heterocycles. The Balaban J connectivity index is 1.98. The van der Waals surface area contributed by atoms with Crippen LogP contribution in [0.3, 0.4) is 0 Å². The molecule has 0 aliphatic carbocycles. The van der Waals surface area contributed by atoms with Gasteiger partial charge in [0.15, 0.2) is 0 Å². The lowest BCUT2D eigenvalue weighted by Gasteiger charge is -2.05. The fourth-order valence-corrected chi connectivity index (χ4v) is 2.38. The van der Waals surface area contributed by atoms with Crippen LogP contribution in [0.5, 0.6) is 5.75 Å². The van der Waals surface area contributed by atoms with E-state index in [2.05, 4.69) is 23.2 Å². The van der Waals surface area contributed by atoms with Crippen molar-refractivity contribution in [1.82, 2.24) is 0 Å². The summed E-state index contributed by atoms with van der Waals surface area (Å²) in [6.45, 7) is 2.03. The fourth-order valence-electron chi connectivity index (χ4n) is 2.38. The van der Waals surface area contributed by atoms with Gasteiger partial charge >= 0.3 is 0 Å². The molecule has 0 atom stereocenters. The Hall–Kier alpha value is -2.61. The molecule has 0 bridgehead atoms. The summed E-state index contributed by atoms with van der Waals surface area (Å²) in [4.78, 5) is 4.63. The Kier molecular flexibility index (Phi) is 3.69. The van der Waals surface area contributed by atoms with E-state index in [9.17, 15) is 0 Å². The van der Waals surface area contributed by atoms with E-state index in [0.29, 0.717) is 0 Å². The average Bonchev–Trinajstić information content (AvgIpc) is 2.54. The summed E-state index contributed by atoms with van der Waals surface area (Å²) < 4.78 is 5.35. The number of hydrogen-bond acceptors (Lipinski definition) is 2. The van der Waals surface area contributed by atoms with Crippen molar-refractivity contribution in [3.05, 3.63) is 71.8 Å². The fraction of sp³-hybridized carbons (Fsp3) is 0.105. The van der Waals surface area contributed by atoms with Crippen LogP contribution in [-0.2, 0) is 0 Å². The van der Waals surface area contributed by atoms with E-state index in [0.717, 1.165) is 28.0 Å². The predicted molar refractivity (Wildman–Crippen MR) is 88.9 cm³/mol. The average molecular weight is 275 g/mol. The lowest BCUT2D eigenvalue weighted by Crippen LogP contribution is -1.89. The number of aliphatic imine (C=N–C) groups is 1. The third-order valence-corrected chi connectivity index (χ3v) is 3.55. The number of methoxy groups -OCH3 is 1. The Morgan fingerprint density at radius 3 is 2.62 bits per heavy atom. The van der Waals surface area contributed by atoms with Crippen LogP contribution in [0.2, 0.25) is 0 Å².